The van der Waals surface area contributed by atoms with Crippen LogP contribution < -0.4 is 0 Å². The predicted octanol–water partition coefficient (Wildman–Crippen LogP) is 4.95. The largest absolute Gasteiger partial charge is 0.460 e. The molecule has 5 heteroatoms. The summed E-state index contributed by atoms with van der Waals surface area (Å²) < 4.78 is 19.6. The zero-order valence-corrected chi connectivity index (χ0v) is 16.8. The van der Waals surface area contributed by atoms with Gasteiger partial charge in [0.25, 0.3) is 0 Å². The number of nitrogens with zero attached hydrogens (tertiary/aromatic N) is 3. The predicted molar refractivity (Wildman–Crippen MR) is 116 cm³/mol. The Balaban J connectivity index is 1.23. The fourth-order valence-corrected chi connectivity index (χ4v) is 4.10. The topological polar surface area (TPSA) is 32.5 Å². The van der Waals surface area contributed by atoms with E-state index in [1.54, 1.807) is 12.1 Å². The third-order valence-corrected chi connectivity index (χ3v) is 5.70. The molecule has 0 amide bonds. The second-order valence-corrected chi connectivity index (χ2v) is 7.89. The van der Waals surface area contributed by atoms with Gasteiger partial charge in [-0.3, -0.25) is 14.8 Å². The summed E-state index contributed by atoms with van der Waals surface area (Å²) in [7, 11) is 0. The molecule has 3 heterocycles. The second kappa shape index (κ2) is 8.38. The number of aromatic nitrogens is 1. The van der Waals surface area contributed by atoms with Gasteiger partial charge < -0.3 is 4.42 Å². The first-order valence-electron chi connectivity index (χ1n) is 10.3. The summed E-state index contributed by atoms with van der Waals surface area (Å²) in [6.45, 7) is 5.88. The van der Waals surface area contributed by atoms with E-state index in [-0.39, 0.29) is 5.82 Å². The van der Waals surface area contributed by atoms with E-state index in [1.807, 2.05) is 36.7 Å². The molecule has 2 aromatic heterocycles. The van der Waals surface area contributed by atoms with E-state index in [1.165, 1.54) is 11.6 Å². The molecule has 4 aromatic rings. The molecule has 1 fully saturated rings. The first kappa shape index (κ1) is 19.0. The third kappa shape index (κ3) is 4.27. The molecule has 5 rings (SSSR count). The molecule has 30 heavy (non-hydrogen) atoms. The molecule has 0 radical (unpaired) electrons. The first-order valence-corrected chi connectivity index (χ1v) is 10.3. The van der Waals surface area contributed by atoms with Gasteiger partial charge in [-0.15, -0.1) is 0 Å². The van der Waals surface area contributed by atoms with Crippen molar-refractivity contribution in [2.24, 2.45) is 0 Å². The Bertz CT molecular complexity index is 1130. The summed E-state index contributed by atoms with van der Waals surface area (Å²) >= 11 is 0. The minimum Gasteiger partial charge on any atom is -0.460 e. The first-order chi connectivity index (χ1) is 14.7. The van der Waals surface area contributed by atoms with Gasteiger partial charge in [-0.1, -0.05) is 24.3 Å². The third-order valence-electron chi connectivity index (χ3n) is 5.70. The van der Waals surface area contributed by atoms with E-state index in [0.717, 1.165) is 67.1 Å². The highest BCUT2D eigenvalue weighted by Gasteiger charge is 2.18. The van der Waals surface area contributed by atoms with E-state index in [2.05, 4.69) is 33.0 Å². The summed E-state index contributed by atoms with van der Waals surface area (Å²) in [5.74, 6) is 0.755. The van der Waals surface area contributed by atoms with Crippen LogP contribution in [0.4, 0.5) is 4.39 Å². The molecular formula is C25H24FN3O. The Labute approximate surface area is 175 Å². The van der Waals surface area contributed by atoms with E-state index in [0.29, 0.717) is 0 Å². The highest BCUT2D eigenvalue weighted by Crippen LogP contribution is 2.28. The molecule has 0 atom stereocenters. The lowest BCUT2D eigenvalue weighted by molar-refractivity contribution is 0.116. The van der Waals surface area contributed by atoms with Crippen LogP contribution in [0.3, 0.4) is 0 Å². The van der Waals surface area contributed by atoms with Gasteiger partial charge in [-0.2, -0.15) is 0 Å². The number of hydrogen-bond donors (Lipinski definition) is 0. The van der Waals surface area contributed by atoms with Crippen molar-refractivity contribution in [3.63, 3.8) is 0 Å². The quantitative estimate of drug-likeness (QED) is 0.474. The average Bonchev–Trinajstić information content (AvgIpc) is 3.17. The molecule has 0 unspecified atom stereocenters. The van der Waals surface area contributed by atoms with Crippen molar-refractivity contribution < 1.29 is 8.81 Å². The molecule has 0 saturated carbocycles. The molecule has 4 nitrogen and oxygen atoms in total. The molecule has 152 valence electrons. The maximum atomic E-state index is 13.6. The number of pyridine rings is 1. The summed E-state index contributed by atoms with van der Waals surface area (Å²) in [6.07, 6.45) is 3.76. The van der Waals surface area contributed by atoms with Gasteiger partial charge >= 0.3 is 0 Å². The van der Waals surface area contributed by atoms with Crippen LogP contribution in [0, 0.1) is 5.82 Å². The summed E-state index contributed by atoms with van der Waals surface area (Å²) in [6, 6.07) is 19.0. The number of piperazine rings is 1. The van der Waals surface area contributed by atoms with Gasteiger partial charge in [0.1, 0.15) is 17.2 Å². The monoisotopic (exact) mass is 401 g/mol. The van der Waals surface area contributed by atoms with Gasteiger partial charge in [0.05, 0.1) is 6.54 Å². The molecule has 0 bridgehead atoms. The highest BCUT2D eigenvalue weighted by molar-refractivity contribution is 5.84. The van der Waals surface area contributed by atoms with Crippen LogP contribution in [-0.2, 0) is 13.1 Å². The van der Waals surface area contributed by atoms with Crippen molar-refractivity contribution >= 4 is 11.0 Å². The van der Waals surface area contributed by atoms with Crippen molar-refractivity contribution in [3.05, 3.63) is 90.2 Å². The summed E-state index contributed by atoms with van der Waals surface area (Å²) in [4.78, 5) is 9.11. The fourth-order valence-electron chi connectivity index (χ4n) is 4.10. The zero-order chi connectivity index (χ0) is 20.3. The average molecular weight is 401 g/mol. The maximum Gasteiger partial charge on any atom is 0.134 e. The molecule has 2 aromatic carbocycles. The number of fused-ring (bicyclic) bond motifs is 1. The Kier molecular flexibility index (Phi) is 5.30. The molecule has 0 spiro atoms. The van der Waals surface area contributed by atoms with Gasteiger partial charge in [0.2, 0.25) is 0 Å². The minimum atomic E-state index is -0.219. The van der Waals surface area contributed by atoms with Crippen LogP contribution in [0.25, 0.3) is 22.1 Å². The van der Waals surface area contributed by atoms with Crippen molar-refractivity contribution in [1.29, 1.82) is 0 Å². The van der Waals surface area contributed by atoms with Crippen LogP contribution >= 0.6 is 0 Å². The normalized spacial score (nSPS) is 15.6. The van der Waals surface area contributed by atoms with Crippen LogP contribution in [0.5, 0.6) is 0 Å². The smallest absolute Gasteiger partial charge is 0.134 e. The van der Waals surface area contributed by atoms with E-state index in [9.17, 15) is 4.39 Å². The van der Waals surface area contributed by atoms with Gasteiger partial charge in [-0.05, 0) is 53.1 Å². The van der Waals surface area contributed by atoms with E-state index in [4.69, 9.17) is 4.42 Å². The Hall–Kier alpha value is -3.02. The van der Waals surface area contributed by atoms with Crippen LogP contribution in [-0.4, -0.2) is 41.0 Å². The number of hydrogen-bond acceptors (Lipinski definition) is 4. The van der Waals surface area contributed by atoms with Crippen molar-refractivity contribution in [3.8, 4) is 11.1 Å². The van der Waals surface area contributed by atoms with E-state index >= 15 is 0 Å². The maximum absolute atomic E-state index is 13.6. The Morgan fingerprint density at radius 3 is 2.40 bits per heavy atom. The zero-order valence-electron chi connectivity index (χ0n) is 16.8. The molecule has 1 aliphatic heterocycles. The van der Waals surface area contributed by atoms with Crippen molar-refractivity contribution in [1.82, 2.24) is 14.8 Å². The van der Waals surface area contributed by atoms with Gasteiger partial charge in [0, 0.05) is 50.5 Å². The Morgan fingerprint density at radius 1 is 0.833 bits per heavy atom. The number of benzene rings is 2. The highest BCUT2D eigenvalue weighted by atomic mass is 19.1. The van der Waals surface area contributed by atoms with Crippen molar-refractivity contribution in [2.45, 2.75) is 13.1 Å². The minimum absolute atomic E-state index is 0.219. The number of furan rings is 1. The molecule has 0 aliphatic carbocycles. The van der Waals surface area contributed by atoms with E-state index < -0.39 is 0 Å². The Morgan fingerprint density at radius 2 is 1.63 bits per heavy atom. The van der Waals surface area contributed by atoms with Gasteiger partial charge in [0.15, 0.2) is 0 Å². The summed E-state index contributed by atoms with van der Waals surface area (Å²) in [5.41, 5.74) is 4.01. The molecule has 1 aliphatic rings. The molecule has 1 saturated heterocycles. The second-order valence-electron chi connectivity index (χ2n) is 7.89. The van der Waals surface area contributed by atoms with Crippen LogP contribution in [0.2, 0.25) is 0 Å². The lowest BCUT2D eigenvalue weighted by Crippen LogP contribution is -2.45. The standard InChI is InChI=1S/C25H24FN3O/c26-23-5-1-4-20(14-23)21-6-7-25-22(13-21)15-24(30-25)18-29-11-9-28(10-12-29)17-19-3-2-8-27-16-19/h1-8,13-16H,9-12,17-18H2. The van der Waals surface area contributed by atoms with Crippen LogP contribution in [0.15, 0.2) is 77.5 Å². The SMILES string of the molecule is Fc1cccc(-c2ccc3oc(CN4CCN(Cc5cccnc5)CC4)cc3c2)c1. The van der Waals surface area contributed by atoms with Crippen LogP contribution in [0.1, 0.15) is 11.3 Å². The lowest BCUT2D eigenvalue weighted by atomic mass is 10.0. The lowest BCUT2D eigenvalue weighted by Gasteiger charge is -2.34. The number of halogens is 1. The molecule has 0 N–H and O–H groups in total. The summed E-state index contributed by atoms with van der Waals surface area (Å²) in [5, 5.41) is 1.06. The number of rotatable bonds is 5. The fraction of sp³-hybridized carbons (Fsp3) is 0.240. The van der Waals surface area contributed by atoms with Gasteiger partial charge in [-0.25, -0.2) is 4.39 Å². The molecular weight excluding hydrogens is 377 g/mol. The van der Waals surface area contributed by atoms with Crippen molar-refractivity contribution in [2.75, 3.05) is 26.2 Å².